The van der Waals surface area contributed by atoms with Crippen LogP contribution in [0.3, 0.4) is 0 Å². The van der Waals surface area contributed by atoms with Crippen LogP contribution in [0, 0.1) is 0 Å². The van der Waals surface area contributed by atoms with Crippen molar-refractivity contribution in [1.82, 2.24) is 0 Å². The van der Waals surface area contributed by atoms with Crippen LogP contribution in [0.4, 0.5) is 0 Å². The number of aliphatic carboxylic acids is 3. The molecule has 7 nitrogen and oxygen atoms in total. The molecule has 0 saturated heterocycles. The van der Waals surface area contributed by atoms with Crippen LogP contribution in [-0.4, -0.2) is 43.9 Å². The number of carbonyl (C=O) groups is 3. The van der Waals surface area contributed by atoms with E-state index in [2.05, 4.69) is 0 Å². The molecule has 76 valence electrons. The number of hydrogen-bond donors (Lipinski definition) is 4. The topological polar surface area (TPSA) is 132 Å². The number of carboxylic acids is 3. The quantitative estimate of drug-likeness (QED) is 0.345. The molecule has 0 bridgehead atoms. The number of aliphatic hydroxyl groups is 1. The molecule has 0 aliphatic rings. The average Bonchev–Trinajstić information content (AvgIpc) is 1.82. The molecule has 14 heavy (non-hydrogen) atoms. The molecule has 0 rings (SSSR count). The molecule has 0 saturated carbocycles. The minimum atomic E-state index is -2.74. The maximum absolute atomic E-state index is 10.3. The molecule has 0 spiro atoms. The van der Waals surface area contributed by atoms with Crippen molar-refractivity contribution in [2.24, 2.45) is 0 Å². The number of carboxylic acid groups (broad SMARTS) is 3. The van der Waals surface area contributed by atoms with E-state index in [0.717, 1.165) is 0 Å². The summed E-state index contributed by atoms with van der Waals surface area (Å²) in [6.07, 6.45) is -2.29. The van der Waals surface area contributed by atoms with Gasteiger partial charge in [0, 0.05) is 0 Å². The minimum Gasteiger partial charge on any atom is -1.00 e. The molecule has 0 aromatic rings. The van der Waals surface area contributed by atoms with Crippen LogP contribution in [0.5, 0.6) is 0 Å². The SMILES string of the molecule is O=C(O)CC(O)(CC(=O)O)C(=O)O.[H+].[H-].[Na+]. The molecular weight excluding hydrogens is 207 g/mol. The van der Waals surface area contributed by atoms with Gasteiger partial charge in [-0.15, -0.1) is 0 Å². The predicted octanol–water partition coefficient (Wildman–Crippen LogP) is -4.02. The van der Waals surface area contributed by atoms with Crippen molar-refractivity contribution in [2.45, 2.75) is 18.4 Å². The Morgan fingerprint density at radius 2 is 1.36 bits per heavy atom. The maximum atomic E-state index is 10.3. The Morgan fingerprint density at radius 3 is 1.50 bits per heavy atom. The van der Waals surface area contributed by atoms with Crippen LogP contribution in [0.25, 0.3) is 0 Å². The molecular formula is C6H10NaO7+. The van der Waals surface area contributed by atoms with Gasteiger partial charge in [0.25, 0.3) is 0 Å². The second-order valence-electron chi connectivity index (χ2n) is 2.48. The monoisotopic (exact) mass is 217 g/mol. The molecule has 0 fully saturated rings. The van der Waals surface area contributed by atoms with Gasteiger partial charge in [0.2, 0.25) is 0 Å². The molecule has 0 radical (unpaired) electrons. The van der Waals surface area contributed by atoms with Gasteiger partial charge in [-0.1, -0.05) is 0 Å². The first-order chi connectivity index (χ1) is 5.78. The van der Waals surface area contributed by atoms with E-state index in [0.29, 0.717) is 0 Å². The number of rotatable bonds is 5. The normalized spacial score (nSPS) is 10.1. The summed E-state index contributed by atoms with van der Waals surface area (Å²) >= 11 is 0. The minimum absolute atomic E-state index is 0. The zero-order valence-electron chi connectivity index (χ0n) is 9.43. The second kappa shape index (κ2) is 5.97. The zero-order valence-corrected chi connectivity index (χ0v) is 9.43. The Morgan fingerprint density at radius 1 is 1.07 bits per heavy atom. The standard InChI is InChI=1S/C6H8O7.Na.H/c7-3(8)1-6(13,5(11)12)2-4(9)10;;/h13H,1-2H2,(H,7,8)(H,9,10)(H,11,12);;/q;+1;-1/p+1. The molecule has 0 unspecified atom stereocenters. The first kappa shape index (κ1) is 15.8. The van der Waals surface area contributed by atoms with E-state index in [1.54, 1.807) is 0 Å². The summed E-state index contributed by atoms with van der Waals surface area (Å²) in [5, 5.41) is 33.8. The van der Waals surface area contributed by atoms with E-state index in [1.165, 1.54) is 0 Å². The molecule has 0 aliphatic carbocycles. The van der Waals surface area contributed by atoms with Gasteiger partial charge in [-0.2, -0.15) is 0 Å². The summed E-state index contributed by atoms with van der Waals surface area (Å²) in [6, 6.07) is 0. The first-order valence-corrected chi connectivity index (χ1v) is 3.17. The van der Waals surface area contributed by atoms with Crippen LogP contribution in [-0.2, 0) is 14.4 Å². The number of hydrogen-bond acceptors (Lipinski definition) is 4. The summed E-state index contributed by atoms with van der Waals surface area (Å²) in [7, 11) is 0. The summed E-state index contributed by atoms with van der Waals surface area (Å²) in [5.41, 5.74) is -2.74. The van der Waals surface area contributed by atoms with E-state index in [-0.39, 0.29) is 32.4 Å². The van der Waals surface area contributed by atoms with Crippen LogP contribution >= 0.6 is 0 Å². The van der Waals surface area contributed by atoms with Crippen LogP contribution in [0.15, 0.2) is 0 Å². The Bertz CT molecular complexity index is 241. The smallest absolute Gasteiger partial charge is 1.00 e. The third kappa shape index (κ3) is 5.18. The van der Waals surface area contributed by atoms with Crippen molar-refractivity contribution in [3.8, 4) is 0 Å². The van der Waals surface area contributed by atoms with Gasteiger partial charge in [-0.25, -0.2) is 4.79 Å². The molecule has 0 amide bonds. The third-order valence-corrected chi connectivity index (χ3v) is 1.29. The summed E-state index contributed by atoms with van der Waals surface area (Å²) in [4.78, 5) is 30.5. The van der Waals surface area contributed by atoms with Gasteiger partial charge in [0.1, 0.15) is 0 Å². The molecule has 0 atom stereocenters. The van der Waals surface area contributed by atoms with Gasteiger partial charge in [-0.3, -0.25) is 9.59 Å². The third-order valence-electron chi connectivity index (χ3n) is 1.29. The van der Waals surface area contributed by atoms with Gasteiger partial charge in [0.05, 0.1) is 12.8 Å². The Kier molecular flexibility index (Phi) is 6.75. The Hall–Kier alpha value is -0.630. The van der Waals surface area contributed by atoms with Crippen LogP contribution in [0.2, 0.25) is 0 Å². The van der Waals surface area contributed by atoms with E-state index in [4.69, 9.17) is 20.4 Å². The summed E-state index contributed by atoms with van der Waals surface area (Å²) in [5.74, 6) is -5.02. The van der Waals surface area contributed by atoms with Crippen molar-refractivity contribution in [3.05, 3.63) is 0 Å². The maximum Gasteiger partial charge on any atom is 1.00 e. The van der Waals surface area contributed by atoms with Crippen molar-refractivity contribution in [1.29, 1.82) is 0 Å². The molecule has 0 aromatic heterocycles. The van der Waals surface area contributed by atoms with Gasteiger partial charge < -0.3 is 21.9 Å². The Balaban J connectivity index is -0.000000240. The Labute approximate surface area is 104 Å². The molecule has 0 aliphatic heterocycles. The largest absolute Gasteiger partial charge is 1.00 e. The average molecular weight is 217 g/mol. The van der Waals surface area contributed by atoms with Crippen molar-refractivity contribution >= 4 is 17.9 Å². The van der Waals surface area contributed by atoms with Gasteiger partial charge in [0.15, 0.2) is 5.60 Å². The first-order valence-electron chi connectivity index (χ1n) is 3.17. The van der Waals surface area contributed by atoms with E-state index < -0.39 is 36.4 Å². The van der Waals surface area contributed by atoms with Gasteiger partial charge >= 0.3 is 48.9 Å². The molecule has 0 heterocycles. The second-order valence-corrected chi connectivity index (χ2v) is 2.48. The van der Waals surface area contributed by atoms with Crippen LogP contribution < -0.4 is 29.6 Å². The van der Waals surface area contributed by atoms with E-state index in [9.17, 15) is 14.4 Å². The molecule has 8 heteroatoms. The van der Waals surface area contributed by atoms with Crippen molar-refractivity contribution in [2.75, 3.05) is 0 Å². The van der Waals surface area contributed by atoms with Crippen LogP contribution in [0.1, 0.15) is 15.7 Å². The fraction of sp³-hybridized carbons (Fsp3) is 0.500. The fourth-order valence-corrected chi connectivity index (χ4v) is 0.714. The van der Waals surface area contributed by atoms with Gasteiger partial charge in [-0.05, 0) is 0 Å². The molecule has 0 aromatic carbocycles. The van der Waals surface area contributed by atoms with Crippen molar-refractivity contribution in [3.63, 3.8) is 0 Å². The zero-order chi connectivity index (χ0) is 10.6. The summed E-state index contributed by atoms with van der Waals surface area (Å²) in [6.45, 7) is 0. The summed E-state index contributed by atoms with van der Waals surface area (Å²) < 4.78 is 0. The molecule has 4 N–H and O–H groups in total. The van der Waals surface area contributed by atoms with Crippen molar-refractivity contribution < 1.29 is 67.2 Å². The van der Waals surface area contributed by atoms with E-state index in [1.807, 2.05) is 0 Å². The predicted molar refractivity (Wildman–Crippen MR) is 39.3 cm³/mol. The van der Waals surface area contributed by atoms with E-state index >= 15 is 0 Å². The fourth-order valence-electron chi connectivity index (χ4n) is 0.714.